The van der Waals surface area contributed by atoms with Crippen molar-refractivity contribution in [2.24, 2.45) is 0 Å². The van der Waals surface area contributed by atoms with Gasteiger partial charge in [0, 0.05) is 4.88 Å². The van der Waals surface area contributed by atoms with Crippen molar-refractivity contribution in [3.63, 3.8) is 0 Å². The Morgan fingerprint density at radius 3 is 2.81 bits per heavy atom. The molecule has 0 spiro atoms. The van der Waals surface area contributed by atoms with E-state index in [0.717, 1.165) is 34.4 Å². The lowest BCUT2D eigenvalue weighted by Crippen LogP contribution is -2.49. The van der Waals surface area contributed by atoms with Gasteiger partial charge in [0.2, 0.25) is 0 Å². The first-order valence-electron chi connectivity index (χ1n) is 8.34. The number of nitrogens with zero attached hydrogens (tertiary/aromatic N) is 4. The van der Waals surface area contributed by atoms with Crippen LogP contribution in [-0.2, 0) is 17.6 Å². The number of nitrogens with two attached hydrogens (primary N) is 1. The van der Waals surface area contributed by atoms with Crippen molar-refractivity contribution in [2.75, 3.05) is 12.4 Å². The second kappa shape index (κ2) is 5.47. The van der Waals surface area contributed by atoms with Crippen LogP contribution in [0.4, 0.5) is 0 Å². The first-order valence-corrected chi connectivity index (χ1v) is 9.16. The normalized spacial score (nSPS) is 28.9. The number of hydrogen-bond acceptors (Lipinski definition) is 9. The Morgan fingerprint density at radius 1 is 1.19 bits per heavy atom. The lowest BCUT2D eigenvalue weighted by molar-refractivity contribution is -0.191. The van der Waals surface area contributed by atoms with E-state index in [1.807, 2.05) is 0 Å². The van der Waals surface area contributed by atoms with Crippen molar-refractivity contribution in [2.45, 2.75) is 43.7 Å². The molecule has 1 saturated heterocycles. The van der Waals surface area contributed by atoms with Gasteiger partial charge in [-0.15, -0.1) is 21.5 Å². The monoisotopic (exact) mass is 379 g/mol. The highest BCUT2D eigenvalue weighted by Crippen LogP contribution is 2.37. The Morgan fingerprint density at radius 2 is 2.00 bits per heavy atom. The second-order valence-electron chi connectivity index (χ2n) is 6.71. The van der Waals surface area contributed by atoms with Crippen molar-refractivity contribution < 1.29 is 20.1 Å². The highest BCUT2D eigenvalue weighted by molar-refractivity contribution is 7.19. The third-order valence-electron chi connectivity index (χ3n) is 5.18. The van der Waals surface area contributed by atoms with Gasteiger partial charge >= 0.3 is 0 Å². The van der Waals surface area contributed by atoms with Crippen LogP contribution in [0.1, 0.15) is 28.8 Å². The van der Waals surface area contributed by atoms with Gasteiger partial charge in [-0.3, -0.25) is 9.20 Å². The minimum absolute atomic E-state index is 0.133. The van der Waals surface area contributed by atoms with E-state index < -0.39 is 24.4 Å². The molecule has 26 heavy (non-hydrogen) atoms. The third kappa shape index (κ3) is 1.97. The molecule has 2 aliphatic rings. The zero-order valence-electron chi connectivity index (χ0n) is 13.6. The maximum absolute atomic E-state index is 12.7. The van der Waals surface area contributed by atoms with E-state index in [4.69, 9.17) is 10.6 Å². The number of aliphatic hydroxyl groups excluding tert-OH is 3. The van der Waals surface area contributed by atoms with Crippen molar-refractivity contribution in [1.29, 1.82) is 0 Å². The van der Waals surface area contributed by atoms with Gasteiger partial charge in [-0.05, 0) is 24.8 Å². The molecule has 5 rings (SSSR count). The average molecular weight is 379 g/mol. The Bertz CT molecular complexity index is 1090. The molecule has 1 aliphatic carbocycles. The summed E-state index contributed by atoms with van der Waals surface area (Å²) in [7, 11) is 0. The molecular formula is C15H17N5O5S. The van der Waals surface area contributed by atoms with Gasteiger partial charge in [-0.1, -0.05) is 0 Å². The van der Waals surface area contributed by atoms with Gasteiger partial charge in [-0.2, -0.15) is 4.68 Å². The second-order valence-corrected chi connectivity index (χ2v) is 7.79. The van der Waals surface area contributed by atoms with Crippen LogP contribution in [0, 0.1) is 0 Å². The number of hydrogen-bond donors (Lipinski definition) is 4. The van der Waals surface area contributed by atoms with Crippen LogP contribution in [0.25, 0.3) is 16.0 Å². The zero-order chi connectivity index (χ0) is 18.2. The van der Waals surface area contributed by atoms with Crippen LogP contribution in [0.2, 0.25) is 0 Å². The van der Waals surface area contributed by atoms with Gasteiger partial charge in [0.25, 0.3) is 11.3 Å². The predicted octanol–water partition coefficient (Wildman–Crippen LogP) is -1.54. The number of thiophene rings is 1. The summed E-state index contributed by atoms with van der Waals surface area (Å²) in [5, 5.41) is 38.6. The summed E-state index contributed by atoms with van der Waals surface area (Å²) in [6, 6.07) is 0. The fraction of sp³-hybridized carbons (Fsp3) is 0.533. The molecule has 4 heterocycles. The van der Waals surface area contributed by atoms with Crippen LogP contribution in [0.15, 0.2) is 4.79 Å². The molecule has 0 amide bonds. The molecule has 0 saturated carbocycles. The fourth-order valence-electron chi connectivity index (χ4n) is 3.84. The largest absolute Gasteiger partial charge is 0.388 e. The molecule has 0 bridgehead atoms. The van der Waals surface area contributed by atoms with E-state index in [-0.39, 0.29) is 23.8 Å². The number of nitrogen functional groups attached to an aromatic ring is 1. The van der Waals surface area contributed by atoms with Crippen LogP contribution in [0.5, 0.6) is 0 Å². The van der Waals surface area contributed by atoms with Gasteiger partial charge in [0.1, 0.15) is 29.2 Å². The van der Waals surface area contributed by atoms with E-state index in [1.54, 1.807) is 4.40 Å². The lowest BCUT2D eigenvalue weighted by atomic mass is 9.99. The number of aryl methyl sites for hydroxylation is 2. The van der Waals surface area contributed by atoms with Crippen molar-refractivity contribution in [3.8, 4) is 0 Å². The number of aromatic nitrogens is 4. The minimum Gasteiger partial charge on any atom is -0.388 e. The maximum atomic E-state index is 12.7. The highest BCUT2D eigenvalue weighted by Gasteiger charge is 2.41. The predicted molar refractivity (Wildman–Crippen MR) is 91.5 cm³/mol. The summed E-state index contributed by atoms with van der Waals surface area (Å²) < 4.78 is 8.07. The molecule has 0 aromatic carbocycles. The SMILES string of the molecule is Nn1c(=O)c2c3c(sc2n2c(C4OC[C@@H](O)[C@@H](O)[C@@H]4O)nnc12)CCC3. The number of ether oxygens (including phenoxy) is 1. The van der Waals surface area contributed by atoms with E-state index in [1.165, 1.54) is 11.3 Å². The molecule has 3 aromatic rings. The van der Waals surface area contributed by atoms with Crippen LogP contribution in [-0.4, -0.2) is 59.5 Å². The standard InChI is InChI=1S/C15H17N5O5S/c16-20-13(24)8-5-2-1-3-7(5)26-14(8)19-12(17-18-15(19)20)11-10(23)9(22)6(21)4-25-11/h6,9-11,21-23H,1-4,16H2/t6-,9-,10+,11?/m1/s1. The molecule has 10 nitrogen and oxygen atoms in total. The Hall–Kier alpha value is -2.05. The van der Waals surface area contributed by atoms with Crippen molar-refractivity contribution in [3.05, 3.63) is 26.6 Å². The molecule has 1 aliphatic heterocycles. The molecule has 4 atom stereocenters. The smallest absolute Gasteiger partial charge is 0.282 e. The quantitative estimate of drug-likeness (QED) is 0.372. The first kappa shape index (κ1) is 16.1. The van der Waals surface area contributed by atoms with Crippen molar-refractivity contribution >= 4 is 27.3 Å². The Balaban J connectivity index is 1.79. The fourth-order valence-corrected chi connectivity index (χ4v) is 5.22. The average Bonchev–Trinajstić information content (AvgIpc) is 3.31. The molecule has 1 unspecified atom stereocenters. The van der Waals surface area contributed by atoms with Gasteiger partial charge in [0.05, 0.1) is 12.0 Å². The molecule has 3 aromatic heterocycles. The molecular weight excluding hydrogens is 362 g/mol. The number of fused-ring (bicyclic) bond motifs is 5. The van der Waals surface area contributed by atoms with E-state index in [0.29, 0.717) is 10.2 Å². The summed E-state index contributed by atoms with van der Waals surface area (Å²) in [6.07, 6.45) is -2.20. The molecule has 5 N–H and O–H groups in total. The Labute approximate surface area is 150 Å². The Kier molecular flexibility index (Phi) is 3.40. The minimum atomic E-state index is -1.38. The maximum Gasteiger partial charge on any atom is 0.282 e. The summed E-state index contributed by atoms with van der Waals surface area (Å²) in [5.74, 6) is 6.33. The lowest BCUT2D eigenvalue weighted by Gasteiger charge is -2.34. The summed E-state index contributed by atoms with van der Waals surface area (Å²) >= 11 is 1.49. The first-order chi connectivity index (χ1) is 12.5. The van der Waals surface area contributed by atoms with Crippen molar-refractivity contribution in [1.82, 2.24) is 19.3 Å². The summed E-state index contributed by atoms with van der Waals surface area (Å²) in [4.78, 5) is 14.5. The third-order valence-corrected chi connectivity index (χ3v) is 6.46. The molecule has 1 fully saturated rings. The van der Waals surface area contributed by atoms with Gasteiger partial charge in [-0.25, -0.2) is 0 Å². The zero-order valence-corrected chi connectivity index (χ0v) is 14.4. The van der Waals surface area contributed by atoms with E-state index in [2.05, 4.69) is 10.2 Å². The van der Waals surface area contributed by atoms with E-state index in [9.17, 15) is 20.1 Å². The van der Waals surface area contributed by atoms with Crippen LogP contribution in [0.3, 0.4) is 0 Å². The van der Waals surface area contributed by atoms with E-state index >= 15 is 0 Å². The molecule has 11 heteroatoms. The summed E-state index contributed by atoms with van der Waals surface area (Å²) in [6.45, 7) is -0.149. The van der Waals surface area contributed by atoms with Crippen LogP contribution < -0.4 is 11.4 Å². The molecule has 0 radical (unpaired) electrons. The van der Waals surface area contributed by atoms with Crippen LogP contribution >= 0.6 is 11.3 Å². The highest BCUT2D eigenvalue weighted by atomic mass is 32.1. The van der Waals surface area contributed by atoms with Gasteiger partial charge in [0.15, 0.2) is 5.82 Å². The molecule has 138 valence electrons. The van der Waals surface area contributed by atoms with Gasteiger partial charge < -0.3 is 25.9 Å². The summed E-state index contributed by atoms with van der Waals surface area (Å²) in [5.41, 5.74) is 0.683. The topological polar surface area (TPSA) is 148 Å². The number of rotatable bonds is 1. The number of aliphatic hydroxyl groups is 3.